The summed E-state index contributed by atoms with van der Waals surface area (Å²) in [6, 6.07) is 0. The average Bonchev–Trinajstić information content (AvgIpc) is 2.70. The summed E-state index contributed by atoms with van der Waals surface area (Å²) < 4.78 is 5.02. The number of hydrogen-bond acceptors (Lipinski definition) is 3. The molecule has 0 saturated heterocycles. The molecule has 1 aromatic rings. The van der Waals surface area contributed by atoms with Gasteiger partial charge in [0.05, 0.1) is 0 Å². The Hall–Kier alpha value is -0.860. The fourth-order valence-electron chi connectivity index (χ4n) is 0.907. The molecule has 0 aliphatic heterocycles. The fraction of sp³-hybridized carbons (Fsp3) is 0.714. The van der Waals surface area contributed by atoms with E-state index in [1.807, 2.05) is 6.92 Å². The van der Waals surface area contributed by atoms with Gasteiger partial charge in [-0.3, -0.25) is 0 Å². The summed E-state index contributed by atoms with van der Waals surface area (Å²) >= 11 is 0. The van der Waals surface area contributed by atoms with Crippen LogP contribution in [0.3, 0.4) is 0 Å². The molecule has 0 unspecified atom stereocenters. The van der Waals surface area contributed by atoms with Crippen LogP contribution < -0.4 is 0 Å². The van der Waals surface area contributed by atoms with Crippen molar-refractivity contribution in [1.82, 2.24) is 10.1 Å². The minimum absolute atomic E-state index is 0.591. The van der Waals surface area contributed by atoms with E-state index in [0.29, 0.717) is 5.92 Å². The lowest BCUT2D eigenvalue weighted by Crippen LogP contribution is -1.82. The van der Waals surface area contributed by atoms with Crippen molar-refractivity contribution in [2.24, 2.45) is 0 Å². The maximum atomic E-state index is 5.02. The minimum atomic E-state index is 0.591. The molecular weight excluding hydrogens is 128 g/mol. The van der Waals surface area contributed by atoms with Crippen molar-refractivity contribution in [3.8, 4) is 0 Å². The molecule has 1 aliphatic carbocycles. The molecule has 3 heteroatoms. The minimum Gasteiger partial charge on any atom is -0.339 e. The van der Waals surface area contributed by atoms with Gasteiger partial charge in [-0.05, 0) is 12.8 Å². The molecule has 1 aliphatic rings. The van der Waals surface area contributed by atoms with E-state index in [1.54, 1.807) is 0 Å². The summed E-state index contributed by atoms with van der Waals surface area (Å²) in [5.41, 5.74) is 0. The monoisotopic (exact) mass is 138 g/mol. The second kappa shape index (κ2) is 2.08. The van der Waals surface area contributed by atoms with Crippen LogP contribution in [0.4, 0.5) is 0 Å². The lowest BCUT2D eigenvalue weighted by molar-refractivity contribution is 0.374. The topological polar surface area (TPSA) is 38.9 Å². The van der Waals surface area contributed by atoms with Gasteiger partial charge in [-0.1, -0.05) is 12.1 Å². The molecule has 2 rings (SSSR count). The molecule has 0 spiro atoms. The van der Waals surface area contributed by atoms with Crippen LogP contribution in [0.5, 0.6) is 0 Å². The van der Waals surface area contributed by atoms with Gasteiger partial charge in [-0.2, -0.15) is 4.98 Å². The van der Waals surface area contributed by atoms with Gasteiger partial charge < -0.3 is 4.52 Å². The van der Waals surface area contributed by atoms with Gasteiger partial charge in [-0.25, -0.2) is 0 Å². The third-order valence-corrected chi connectivity index (χ3v) is 1.73. The fourth-order valence-corrected chi connectivity index (χ4v) is 0.907. The number of aromatic nitrogens is 2. The summed E-state index contributed by atoms with van der Waals surface area (Å²) in [6.07, 6.45) is 3.33. The lowest BCUT2D eigenvalue weighted by atomic mass is 10.4. The Labute approximate surface area is 59.4 Å². The summed E-state index contributed by atoms with van der Waals surface area (Å²) in [5, 5.41) is 3.81. The first-order valence-corrected chi connectivity index (χ1v) is 3.72. The zero-order valence-corrected chi connectivity index (χ0v) is 6.00. The maximum Gasteiger partial charge on any atom is 0.229 e. The van der Waals surface area contributed by atoms with Crippen LogP contribution in [-0.4, -0.2) is 10.1 Å². The van der Waals surface area contributed by atoms with Gasteiger partial charge in [-0.15, -0.1) is 0 Å². The molecule has 3 nitrogen and oxygen atoms in total. The number of aryl methyl sites for hydroxylation is 1. The van der Waals surface area contributed by atoms with Crippen molar-refractivity contribution >= 4 is 0 Å². The number of hydrogen-bond donors (Lipinski definition) is 0. The molecule has 54 valence electrons. The molecule has 10 heavy (non-hydrogen) atoms. The standard InChI is InChI=1S/C7H10N2O/c1-2-6-8-7(10-9-6)5-3-4-5/h5H,2-4H2,1H3. The Bertz CT molecular complexity index is 227. The van der Waals surface area contributed by atoms with Gasteiger partial charge in [0.1, 0.15) is 0 Å². The van der Waals surface area contributed by atoms with E-state index in [2.05, 4.69) is 10.1 Å². The van der Waals surface area contributed by atoms with Crippen LogP contribution in [-0.2, 0) is 6.42 Å². The molecule has 1 fully saturated rings. The normalized spacial score (nSPS) is 17.7. The molecular formula is C7H10N2O. The third-order valence-electron chi connectivity index (χ3n) is 1.73. The quantitative estimate of drug-likeness (QED) is 0.621. The van der Waals surface area contributed by atoms with E-state index in [9.17, 15) is 0 Å². The van der Waals surface area contributed by atoms with Gasteiger partial charge >= 0.3 is 0 Å². The van der Waals surface area contributed by atoms with Crippen LogP contribution in [0, 0.1) is 0 Å². The van der Waals surface area contributed by atoms with Crippen LogP contribution in [0.1, 0.15) is 37.4 Å². The zero-order valence-electron chi connectivity index (χ0n) is 6.00. The Morgan fingerprint density at radius 2 is 2.40 bits per heavy atom. The van der Waals surface area contributed by atoms with E-state index in [4.69, 9.17) is 4.52 Å². The summed E-state index contributed by atoms with van der Waals surface area (Å²) in [5.74, 6) is 2.27. The van der Waals surface area contributed by atoms with Gasteiger partial charge in [0.25, 0.3) is 0 Å². The second-order valence-electron chi connectivity index (χ2n) is 2.68. The molecule has 0 bridgehead atoms. The van der Waals surface area contributed by atoms with Crippen molar-refractivity contribution in [1.29, 1.82) is 0 Å². The highest BCUT2D eigenvalue weighted by Crippen LogP contribution is 2.38. The van der Waals surface area contributed by atoms with E-state index in [1.165, 1.54) is 12.8 Å². The Morgan fingerprint density at radius 1 is 1.60 bits per heavy atom. The largest absolute Gasteiger partial charge is 0.339 e. The highest BCUT2D eigenvalue weighted by molar-refractivity contribution is 5.01. The van der Waals surface area contributed by atoms with Crippen LogP contribution in [0.15, 0.2) is 4.52 Å². The van der Waals surface area contributed by atoms with Crippen molar-refractivity contribution in [3.05, 3.63) is 11.7 Å². The molecule has 1 heterocycles. The van der Waals surface area contributed by atoms with E-state index >= 15 is 0 Å². The Kier molecular flexibility index (Phi) is 1.22. The number of rotatable bonds is 2. The highest BCUT2D eigenvalue weighted by atomic mass is 16.5. The van der Waals surface area contributed by atoms with E-state index < -0.39 is 0 Å². The van der Waals surface area contributed by atoms with E-state index in [0.717, 1.165) is 18.1 Å². The van der Waals surface area contributed by atoms with Crippen molar-refractivity contribution in [3.63, 3.8) is 0 Å². The Morgan fingerprint density at radius 3 is 2.90 bits per heavy atom. The zero-order chi connectivity index (χ0) is 6.97. The molecule has 0 aromatic carbocycles. The van der Waals surface area contributed by atoms with E-state index in [-0.39, 0.29) is 0 Å². The van der Waals surface area contributed by atoms with Crippen LogP contribution >= 0.6 is 0 Å². The first kappa shape index (κ1) is 5.89. The molecule has 1 aromatic heterocycles. The first-order valence-electron chi connectivity index (χ1n) is 3.72. The average molecular weight is 138 g/mol. The maximum absolute atomic E-state index is 5.02. The summed E-state index contributed by atoms with van der Waals surface area (Å²) in [6.45, 7) is 2.03. The third kappa shape index (κ3) is 0.916. The smallest absolute Gasteiger partial charge is 0.229 e. The SMILES string of the molecule is CCc1noc(C2CC2)n1. The van der Waals surface area contributed by atoms with Gasteiger partial charge in [0.15, 0.2) is 5.82 Å². The Balaban J connectivity index is 2.19. The van der Waals surface area contributed by atoms with Gasteiger partial charge in [0.2, 0.25) is 5.89 Å². The van der Waals surface area contributed by atoms with Crippen molar-refractivity contribution in [2.45, 2.75) is 32.1 Å². The molecule has 0 radical (unpaired) electrons. The number of nitrogens with zero attached hydrogens (tertiary/aromatic N) is 2. The van der Waals surface area contributed by atoms with Crippen LogP contribution in [0.2, 0.25) is 0 Å². The summed E-state index contributed by atoms with van der Waals surface area (Å²) in [4.78, 5) is 4.21. The van der Waals surface area contributed by atoms with Gasteiger partial charge in [0, 0.05) is 12.3 Å². The van der Waals surface area contributed by atoms with Crippen molar-refractivity contribution < 1.29 is 4.52 Å². The predicted octanol–water partition coefficient (Wildman–Crippen LogP) is 1.51. The molecule has 1 saturated carbocycles. The first-order chi connectivity index (χ1) is 4.90. The molecule has 0 amide bonds. The highest BCUT2D eigenvalue weighted by Gasteiger charge is 2.29. The predicted molar refractivity (Wildman–Crippen MR) is 35.7 cm³/mol. The van der Waals surface area contributed by atoms with Crippen LogP contribution in [0.25, 0.3) is 0 Å². The molecule has 0 N–H and O–H groups in total. The summed E-state index contributed by atoms with van der Waals surface area (Å²) in [7, 11) is 0. The van der Waals surface area contributed by atoms with Crippen molar-refractivity contribution in [2.75, 3.05) is 0 Å². The molecule has 0 atom stereocenters. The lowest BCUT2D eigenvalue weighted by Gasteiger charge is -1.79. The second-order valence-corrected chi connectivity index (χ2v) is 2.68.